The molecule has 0 atom stereocenters. The summed E-state index contributed by atoms with van der Waals surface area (Å²) in [6, 6.07) is 6.51. The van der Waals surface area contributed by atoms with E-state index in [9.17, 15) is 9.59 Å². The molecule has 0 amide bonds. The fourth-order valence-electron chi connectivity index (χ4n) is 2.21. The first-order chi connectivity index (χ1) is 10.1. The van der Waals surface area contributed by atoms with Crippen molar-refractivity contribution in [3.63, 3.8) is 0 Å². The van der Waals surface area contributed by atoms with E-state index in [1.54, 1.807) is 25.1 Å². The van der Waals surface area contributed by atoms with Gasteiger partial charge >= 0.3 is 0 Å². The number of nitrogens with one attached hydrogen (secondary N) is 1. The maximum Gasteiger partial charge on any atom is 0.235 e. The first-order valence-electron chi connectivity index (χ1n) is 6.21. The monoisotopic (exact) mass is 299 g/mol. The highest BCUT2D eigenvalue weighted by Gasteiger charge is 2.22. The van der Waals surface area contributed by atoms with Crippen LogP contribution in [0.3, 0.4) is 0 Å². The minimum Gasteiger partial charge on any atom is -0.285 e. The summed E-state index contributed by atoms with van der Waals surface area (Å²) < 4.78 is 0. The molecule has 0 unspecified atom stereocenters. The Bertz CT molecular complexity index is 870. The van der Waals surface area contributed by atoms with Crippen molar-refractivity contribution in [3.8, 4) is 0 Å². The molecule has 104 valence electrons. The average Bonchev–Trinajstić information content (AvgIpc) is 2.87. The Morgan fingerprint density at radius 1 is 1.19 bits per heavy atom. The van der Waals surface area contributed by atoms with Crippen LogP contribution in [0.15, 0.2) is 36.7 Å². The molecule has 6 heteroatoms. The van der Waals surface area contributed by atoms with Gasteiger partial charge in [-0.15, -0.1) is 0 Å². The van der Waals surface area contributed by atoms with Crippen molar-refractivity contribution in [2.75, 3.05) is 0 Å². The van der Waals surface area contributed by atoms with E-state index < -0.39 is 11.6 Å². The molecule has 0 aliphatic heterocycles. The van der Waals surface area contributed by atoms with Crippen LogP contribution in [0.1, 0.15) is 26.4 Å². The number of aromatic amines is 1. The van der Waals surface area contributed by atoms with E-state index >= 15 is 0 Å². The molecule has 0 radical (unpaired) electrons. The van der Waals surface area contributed by atoms with Gasteiger partial charge in [0, 0.05) is 34.6 Å². The topological polar surface area (TPSA) is 75.7 Å². The standard InChI is InChI=1S/C15H10ClN3O2/c1-8-13-11(3-2-4-12(13)19-18-8)15(21)14(20)9-5-10(16)7-17-6-9/h2-7H,1H3,(H,18,19). The number of rotatable bonds is 3. The predicted octanol–water partition coefficient (Wildman–Crippen LogP) is 2.99. The van der Waals surface area contributed by atoms with Gasteiger partial charge in [-0.3, -0.25) is 19.7 Å². The van der Waals surface area contributed by atoms with Crippen molar-refractivity contribution < 1.29 is 9.59 Å². The van der Waals surface area contributed by atoms with Crippen LogP contribution in [-0.2, 0) is 0 Å². The smallest absolute Gasteiger partial charge is 0.235 e. The number of fused-ring (bicyclic) bond motifs is 1. The van der Waals surface area contributed by atoms with Crippen LogP contribution < -0.4 is 0 Å². The molecule has 2 aromatic heterocycles. The van der Waals surface area contributed by atoms with Crippen molar-refractivity contribution in [1.29, 1.82) is 0 Å². The van der Waals surface area contributed by atoms with Gasteiger partial charge in [0.15, 0.2) is 0 Å². The van der Waals surface area contributed by atoms with Crippen LogP contribution in [0.2, 0.25) is 5.02 Å². The van der Waals surface area contributed by atoms with Crippen LogP contribution in [0.4, 0.5) is 0 Å². The molecule has 1 aromatic carbocycles. The van der Waals surface area contributed by atoms with Gasteiger partial charge in [0.2, 0.25) is 11.6 Å². The summed E-state index contributed by atoms with van der Waals surface area (Å²) in [6.45, 7) is 1.80. The van der Waals surface area contributed by atoms with Crippen molar-refractivity contribution in [3.05, 3.63) is 58.5 Å². The van der Waals surface area contributed by atoms with E-state index in [1.807, 2.05) is 0 Å². The Hall–Kier alpha value is -2.53. The Kier molecular flexibility index (Phi) is 3.27. The van der Waals surface area contributed by atoms with Crippen molar-refractivity contribution >= 4 is 34.1 Å². The van der Waals surface area contributed by atoms with Gasteiger partial charge in [-0.25, -0.2) is 0 Å². The molecular weight excluding hydrogens is 290 g/mol. The van der Waals surface area contributed by atoms with Gasteiger partial charge in [-0.2, -0.15) is 5.10 Å². The first kappa shape index (κ1) is 13.5. The fourth-order valence-corrected chi connectivity index (χ4v) is 2.38. The molecule has 0 aliphatic carbocycles. The van der Waals surface area contributed by atoms with Crippen molar-refractivity contribution in [2.45, 2.75) is 6.92 Å². The number of ketones is 2. The van der Waals surface area contributed by atoms with Crippen LogP contribution in [-0.4, -0.2) is 26.7 Å². The van der Waals surface area contributed by atoms with Gasteiger partial charge in [0.05, 0.1) is 10.5 Å². The summed E-state index contributed by atoms with van der Waals surface area (Å²) in [5.41, 5.74) is 1.88. The summed E-state index contributed by atoms with van der Waals surface area (Å²) in [6.07, 6.45) is 2.73. The number of pyridine rings is 1. The summed E-state index contributed by atoms with van der Waals surface area (Å²) in [5, 5.41) is 7.87. The number of hydrogen-bond acceptors (Lipinski definition) is 4. The lowest BCUT2D eigenvalue weighted by molar-refractivity contribution is 0.0817. The number of Topliss-reactive ketones (excluding diaryl/α,β-unsaturated/α-hetero) is 2. The van der Waals surface area contributed by atoms with Crippen LogP contribution in [0.25, 0.3) is 10.9 Å². The average molecular weight is 300 g/mol. The SMILES string of the molecule is Cc1[nH]nc2cccc(C(=O)C(=O)c3cncc(Cl)c3)c12. The number of carbonyl (C=O) groups is 2. The third-order valence-corrected chi connectivity index (χ3v) is 3.39. The minimum absolute atomic E-state index is 0.172. The zero-order valence-corrected chi connectivity index (χ0v) is 11.8. The van der Waals surface area contributed by atoms with E-state index in [-0.39, 0.29) is 5.56 Å². The predicted molar refractivity (Wildman–Crippen MR) is 78.7 cm³/mol. The Labute approximate surface area is 125 Å². The molecule has 0 fully saturated rings. The van der Waals surface area contributed by atoms with E-state index in [4.69, 9.17) is 11.6 Å². The zero-order chi connectivity index (χ0) is 15.0. The Balaban J connectivity index is 2.09. The number of aromatic nitrogens is 3. The molecule has 1 N–H and O–H groups in total. The summed E-state index contributed by atoms with van der Waals surface area (Å²) >= 11 is 5.80. The highest BCUT2D eigenvalue weighted by atomic mass is 35.5. The normalized spacial score (nSPS) is 10.8. The summed E-state index contributed by atoms with van der Waals surface area (Å²) in [7, 11) is 0. The lowest BCUT2D eigenvalue weighted by Crippen LogP contribution is -2.15. The molecule has 0 saturated heterocycles. The molecule has 3 rings (SSSR count). The lowest BCUT2D eigenvalue weighted by atomic mass is 9.99. The second-order valence-corrected chi connectivity index (χ2v) is 5.03. The van der Waals surface area contributed by atoms with Gasteiger partial charge < -0.3 is 0 Å². The minimum atomic E-state index is -0.641. The van der Waals surface area contributed by atoms with Crippen LogP contribution in [0.5, 0.6) is 0 Å². The van der Waals surface area contributed by atoms with Gasteiger partial charge in [-0.1, -0.05) is 23.7 Å². The number of hydrogen-bond donors (Lipinski definition) is 1. The van der Waals surface area contributed by atoms with Crippen LogP contribution in [0, 0.1) is 6.92 Å². The van der Waals surface area contributed by atoms with Crippen LogP contribution >= 0.6 is 11.6 Å². The van der Waals surface area contributed by atoms with E-state index in [1.165, 1.54) is 18.5 Å². The van der Waals surface area contributed by atoms with Gasteiger partial charge in [0.1, 0.15) is 0 Å². The lowest BCUT2D eigenvalue weighted by Gasteiger charge is -2.03. The largest absolute Gasteiger partial charge is 0.285 e. The summed E-state index contributed by atoms with van der Waals surface area (Å²) in [5.74, 6) is -1.24. The van der Waals surface area contributed by atoms with E-state index in [0.29, 0.717) is 21.5 Å². The first-order valence-corrected chi connectivity index (χ1v) is 6.59. The van der Waals surface area contributed by atoms with Gasteiger partial charge in [0.25, 0.3) is 0 Å². The van der Waals surface area contributed by atoms with Gasteiger partial charge in [-0.05, 0) is 19.1 Å². The van der Waals surface area contributed by atoms with E-state index in [0.717, 1.165) is 5.69 Å². The Morgan fingerprint density at radius 3 is 2.76 bits per heavy atom. The second kappa shape index (κ2) is 5.10. The molecule has 5 nitrogen and oxygen atoms in total. The fraction of sp³-hybridized carbons (Fsp3) is 0.0667. The number of aryl methyl sites for hydroxylation is 1. The number of benzene rings is 1. The number of nitrogens with zero attached hydrogens (tertiary/aromatic N) is 2. The maximum atomic E-state index is 12.5. The van der Waals surface area contributed by atoms with Crippen molar-refractivity contribution in [1.82, 2.24) is 15.2 Å². The molecule has 0 aliphatic rings. The highest BCUT2D eigenvalue weighted by Crippen LogP contribution is 2.22. The third kappa shape index (κ3) is 2.32. The quantitative estimate of drug-likeness (QED) is 0.596. The molecule has 2 heterocycles. The summed E-state index contributed by atoms with van der Waals surface area (Å²) in [4.78, 5) is 28.6. The molecule has 0 bridgehead atoms. The Morgan fingerprint density at radius 2 is 2.00 bits per heavy atom. The molecule has 0 saturated carbocycles. The zero-order valence-electron chi connectivity index (χ0n) is 11.1. The molecule has 0 spiro atoms. The third-order valence-electron chi connectivity index (χ3n) is 3.18. The molecule has 21 heavy (non-hydrogen) atoms. The second-order valence-electron chi connectivity index (χ2n) is 4.60. The maximum absolute atomic E-state index is 12.5. The molecular formula is C15H10ClN3O2. The number of H-pyrrole nitrogens is 1. The number of halogens is 1. The van der Waals surface area contributed by atoms with Crippen molar-refractivity contribution in [2.24, 2.45) is 0 Å². The molecule has 3 aromatic rings. The van der Waals surface area contributed by atoms with E-state index in [2.05, 4.69) is 15.2 Å². The number of carbonyl (C=O) groups excluding carboxylic acids is 2. The highest BCUT2D eigenvalue weighted by molar-refractivity contribution is 6.51.